The number of rotatable bonds is 8. The molecule has 0 aliphatic carbocycles. The van der Waals surface area contributed by atoms with Crippen LogP contribution in [0, 0.1) is 0 Å². The third-order valence-electron chi connectivity index (χ3n) is 3.73. The largest absolute Gasteiger partial charge is 0.432 e. The Labute approximate surface area is 135 Å². The molecule has 0 bridgehead atoms. The van der Waals surface area contributed by atoms with E-state index in [-0.39, 0.29) is 11.1 Å². The Morgan fingerprint density at radius 2 is 1.57 bits per heavy atom. The van der Waals surface area contributed by atoms with Crippen molar-refractivity contribution >= 4 is 17.9 Å². The molecule has 1 heterocycles. The molecule has 23 heavy (non-hydrogen) atoms. The summed E-state index contributed by atoms with van der Waals surface area (Å²) in [6.45, 7) is 2.63. The predicted molar refractivity (Wildman–Crippen MR) is 84.8 cm³/mol. The van der Waals surface area contributed by atoms with E-state index in [0.29, 0.717) is 11.6 Å². The molecule has 0 spiro atoms. The standard InChI is InChI=1S/C17H22N2O4/c1-2-3-4-5-6-9-12-18-17(22)23-19-15(20)13-10-7-8-11-14(13)16(19)21/h7-8,10-11H,2-6,9,12H2,1H3,(H,18,22). The highest BCUT2D eigenvalue weighted by Gasteiger charge is 2.38. The first-order valence-corrected chi connectivity index (χ1v) is 8.08. The van der Waals surface area contributed by atoms with Crippen molar-refractivity contribution in [2.75, 3.05) is 6.54 Å². The molecule has 1 N–H and O–H groups in total. The van der Waals surface area contributed by atoms with E-state index in [1.165, 1.54) is 31.4 Å². The van der Waals surface area contributed by atoms with E-state index < -0.39 is 17.9 Å². The van der Waals surface area contributed by atoms with Gasteiger partial charge in [-0.05, 0) is 18.6 Å². The zero-order chi connectivity index (χ0) is 16.7. The Bertz CT molecular complexity index is 551. The zero-order valence-corrected chi connectivity index (χ0v) is 13.3. The summed E-state index contributed by atoms with van der Waals surface area (Å²) in [4.78, 5) is 40.6. The minimum absolute atomic E-state index is 0.251. The second-order valence-corrected chi connectivity index (χ2v) is 5.52. The van der Waals surface area contributed by atoms with Crippen LogP contribution in [0.2, 0.25) is 0 Å². The first kappa shape index (κ1) is 17.0. The van der Waals surface area contributed by atoms with Crippen LogP contribution in [0.15, 0.2) is 24.3 Å². The summed E-state index contributed by atoms with van der Waals surface area (Å²) < 4.78 is 0. The highest BCUT2D eigenvalue weighted by atomic mass is 16.7. The molecule has 6 heteroatoms. The fourth-order valence-electron chi connectivity index (χ4n) is 2.46. The Morgan fingerprint density at radius 3 is 2.17 bits per heavy atom. The quantitative estimate of drug-likeness (QED) is 0.589. The maximum atomic E-state index is 12.0. The number of unbranched alkanes of at least 4 members (excludes halogenated alkanes) is 5. The van der Waals surface area contributed by atoms with Gasteiger partial charge >= 0.3 is 6.09 Å². The molecule has 0 saturated heterocycles. The number of amides is 3. The van der Waals surface area contributed by atoms with Crippen LogP contribution in [0.4, 0.5) is 4.79 Å². The van der Waals surface area contributed by atoms with Crippen molar-refractivity contribution in [1.29, 1.82) is 0 Å². The van der Waals surface area contributed by atoms with E-state index in [1.807, 2.05) is 0 Å². The average Bonchev–Trinajstić information content (AvgIpc) is 2.79. The van der Waals surface area contributed by atoms with Gasteiger partial charge in [-0.25, -0.2) is 4.79 Å². The molecule has 1 aromatic carbocycles. The van der Waals surface area contributed by atoms with Gasteiger partial charge in [0.15, 0.2) is 0 Å². The lowest BCUT2D eigenvalue weighted by atomic mass is 10.1. The summed E-state index contributed by atoms with van der Waals surface area (Å²) >= 11 is 0. The fraction of sp³-hybridized carbons (Fsp3) is 0.471. The van der Waals surface area contributed by atoms with Crippen LogP contribution < -0.4 is 5.32 Å². The lowest BCUT2D eigenvalue weighted by molar-refractivity contribution is -0.0448. The number of hydrogen-bond acceptors (Lipinski definition) is 4. The van der Waals surface area contributed by atoms with Crippen molar-refractivity contribution in [3.8, 4) is 0 Å². The number of benzene rings is 1. The van der Waals surface area contributed by atoms with Crippen LogP contribution in [-0.2, 0) is 4.84 Å². The highest BCUT2D eigenvalue weighted by Crippen LogP contribution is 2.22. The molecule has 1 aliphatic heterocycles. The Kier molecular flexibility index (Phi) is 6.14. The molecule has 0 radical (unpaired) electrons. The normalized spacial score (nSPS) is 13.2. The molecule has 6 nitrogen and oxygen atoms in total. The van der Waals surface area contributed by atoms with Crippen molar-refractivity contribution < 1.29 is 19.2 Å². The number of imide groups is 1. The highest BCUT2D eigenvalue weighted by molar-refractivity contribution is 6.20. The summed E-state index contributed by atoms with van der Waals surface area (Å²) in [6.07, 6.45) is 5.88. The van der Waals surface area contributed by atoms with Crippen LogP contribution in [0.3, 0.4) is 0 Å². The third kappa shape index (κ3) is 4.31. The van der Waals surface area contributed by atoms with Crippen LogP contribution >= 0.6 is 0 Å². The van der Waals surface area contributed by atoms with Crippen LogP contribution in [0.1, 0.15) is 66.2 Å². The van der Waals surface area contributed by atoms with E-state index >= 15 is 0 Å². The van der Waals surface area contributed by atoms with Gasteiger partial charge in [-0.2, -0.15) is 0 Å². The van der Waals surface area contributed by atoms with E-state index in [1.54, 1.807) is 12.1 Å². The van der Waals surface area contributed by atoms with Gasteiger partial charge in [-0.3, -0.25) is 9.59 Å². The van der Waals surface area contributed by atoms with Crippen LogP contribution in [0.5, 0.6) is 0 Å². The Balaban J connectivity index is 1.72. The molecular formula is C17H22N2O4. The van der Waals surface area contributed by atoms with E-state index in [2.05, 4.69) is 12.2 Å². The molecule has 0 atom stereocenters. The zero-order valence-electron chi connectivity index (χ0n) is 13.3. The lowest BCUT2D eigenvalue weighted by Gasteiger charge is -2.13. The lowest BCUT2D eigenvalue weighted by Crippen LogP contribution is -2.37. The second kappa shape index (κ2) is 8.31. The molecule has 0 unspecified atom stereocenters. The first-order valence-electron chi connectivity index (χ1n) is 8.08. The summed E-state index contributed by atoms with van der Waals surface area (Å²) in [6, 6.07) is 6.39. The maximum absolute atomic E-state index is 12.0. The predicted octanol–water partition coefficient (Wildman–Crippen LogP) is 3.28. The minimum Gasteiger partial charge on any atom is -0.320 e. The Morgan fingerprint density at radius 1 is 1.00 bits per heavy atom. The van der Waals surface area contributed by atoms with Crippen molar-refractivity contribution in [3.63, 3.8) is 0 Å². The van der Waals surface area contributed by atoms with Gasteiger partial charge in [0.25, 0.3) is 11.8 Å². The third-order valence-corrected chi connectivity index (χ3v) is 3.73. The number of nitrogens with one attached hydrogen (secondary N) is 1. The second-order valence-electron chi connectivity index (χ2n) is 5.52. The van der Waals surface area contributed by atoms with Gasteiger partial charge in [-0.1, -0.05) is 56.2 Å². The van der Waals surface area contributed by atoms with E-state index in [9.17, 15) is 14.4 Å². The SMILES string of the molecule is CCCCCCCCNC(=O)ON1C(=O)c2ccccc2C1=O. The maximum Gasteiger partial charge on any atom is 0.432 e. The van der Waals surface area contributed by atoms with Crippen molar-refractivity contribution in [2.45, 2.75) is 45.4 Å². The summed E-state index contributed by atoms with van der Waals surface area (Å²) in [5.74, 6) is -1.22. The van der Waals surface area contributed by atoms with Gasteiger partial charge in [-0.15, -0.1) is 0 Å². The van der Waals surface area contributed by atoms with Crippen molar-refractivity contribution in [3.05, 3.63) is 35.4 Å². The van der Waals surface area contributed by atoms with Gasteiger partial charge in [0.1, 0.15) is 0 Å². The number of nitrogens with zero attached hydrogens (tertiary/aromatic N) is 1. The average molecular weight is 318 g/mol. The molecule has 0 saturated carbocycles. The molecule has 0 aromatic heterocycles. The molecule has 1 aliphatic rings. The summed E-state index contributed by atoms with van der Waals surface area (Å²) in [5.41, 5.74) is 0.502. The summed E-state index contributed by atoms with van der Waals surface area (Å²) in [5, 5.41) is 3.08. The molecule has 3 amide bonds. The molecule has 0 fully saturated rings. The van der Waals surface area contributed by atoms with E-state index in [4.69, 9.17) is 4.84 Å². The van der Waals surface area contributed by atoms with Gasteiger partial charge in [0.2, 0.25) is 0 Å². The number of hydroxylamine groups is 2. The number of hydrogen-bond donors (Lipinski definition) is 1. The van der Waals surface area contributed by atoms with Gasteiger partial charge < -0.3 is 10.2 Å². The van der Waals surface area contributed by atoms with E-state index in [0.717, 1.165) is 19.3 Å². The number of fused-ring (bicyclic) bond motifs is 1. The van der Waals surface area contributed by atoms with Gasteiger partial charge in [0, 0.05) is 6.54 Å². The van der Waals surface area contributed by atoms with Crippen LogP contribution in [-0.4, -0.2) is 29.5 Å². The molecule has 2 rings (SSSR count). The fourth-order valence-corrected chi connectivity index (χ4v) is 2.46. The smallest absolute Gasteiger partial charge is 0.320 e. The number of carbonyl (C=O) groups excluding carboxylic acids is 3. The van der Waals surface area contributed by atoms with Gasteiger partial charge in [0.05, 0.1) is 11.1 Å². The molecule has 1 aromatic rings. The molecular weight excluding hydrogens is 296 g/mol. The minimum atomic E-state index is -0.784. The first-order chi connectivity index (χ1) is 11.1. The van der Waals surface area contributed by atoms with Crippen molar-refractivity contribution in [1.82, 2.24) is 10.4 Å². The van der Waals surface area contributed by atoms with Crippen molar-refractivity contribution in [2.24, 2.45) is 0 Å². The van der Waals surface area contributed by atoms with Crippen LogP contribution in [0.25, 0.3) is 0 Å². The Hall–Kier alpha value is -2.37. The monoisotopic (exact) mass is 318 g/mol. The topological polar surface area (TPSA) is 75.7 Å². The summed E-state index contributed by atoms with van der Waals surface area (Å²) in [7, 11) is 0. The molecule has 124 valence electrons. The number of carbonyl (C=O) groups is 3.